The predicted octanol–water partition coefficient (Wildman–Crippen LogP) is 4.63. The molecule has 114 valence electrons. The summed E-state index contributed by atoms with van der Waals surface area (Å²) < 4.78 is 7.27. The van der Waals surface area contributed by atoms with E-state index in [0.717, 1.165) is 19.3 Å². The van der Waals surface area contributed by atoms with Crippen molar-refractivity contribution in [1.82, 2.24) is 5.32 Å². The highest BCUT2D eigenvalue weighted by molar-refractivity contribution is 9.10. The summed E-state index contributed by atoms with van der Waals surface area (Å²) >= 11 is 5.47. The highest BCUT2D eigenvalue weighted by Gasteiger charge is 2.43. The van der Waals surface area contributed by atoms with E-state index in [1.165, 1.54) is 22.2 Å². The number of hydrogen-bond acceptors (Lipinski definition) is 3. The Hall–Kier alpha value is 0.1000. The van der Waals surface area contributed by atoms with Gasteiger partial charge in [-0.15, -0.1) is 11.3 Å². The molecule has 1 atom stereocenters. The zero-order valence-electron chi connectivity index (χ0n) is 13.0. The topological polar surface area (TPSA) is 21.3 Å². The van der Waals surface area contributed by atoms with Crippen molar-refractivity contribution in [1.29, 1.82) is 0 Å². The van der Waals surface area contributed by atoms with Crippen LogP contribution in [0.2, 0.25) is 0 Å². The highest BCUT2D eigenvalue weighted by atomic mass is 79.9. The number of thiophene rings is 1. The molecule has 1 aromatic heterocycles. The van der Waals surface area contributed by atoms with Crippen LogP contribution in [0.4, 0.5) is 0 Å². The minimum atomic E-state index is -0.0201. The van der Waals surface area contributed by atoms with Gasteiger partial charge in [0.1, 0.15) is 0 Å². The molecule has 0 saturated heterocycles. The van der Waals surface area contributed by atoms with E-state index >= 15 is 0 Å². The zero-order valence-corrected chi connectivity index (χ0v) is 15.4. The molecule has 1 heterocycles. The van der Waals surface area contributed by atoms with Crippen molar-refractivity contribution in [3.8, 4) is 0 Å². The Kier molecular flexibility index (Phi) is 5.33. The lowest BCUT2D eigenvalue weighted by Gasteiger charge is -2.47. The minimum Gasteiger partial charge on any atom is -0.377 e. The van der Waals surface area contributed by atoms with E-state index in [1.54, 1.807) is 0 Å². The van der Waals surface area contributed by atoms with Crippen LogP contribution >= 0.6 is 27.3 Å². The first-order valence-corrected chi connectivity index (χ1v) is 9.04. The summed E-state index contributed by atoms with van der Waals surface area (Å²) in [5, 5.41) is 5.67. The molecule has 0 spiro atoms. The van der Waals surface area contributed by atoms with Gasteiger partial charge in [-0.25, -0.2) is 0 Å². The van der Waals surface area contributed by atoms with E-state index in [9.17, 15) is 0 Å². The fourth-order valence-corrected chi connectivity index (χ4v) is 4.81. The molecule has 2 rings (SSSR count). The summed E-state index contributed by atoms with van der Waals surface area (Å²) in [5.74, 6) is 0. The maximum Gasteiger partial charge on any atom is 0.0834 e. The number of likely N-dealkylation sites (N-methyl/N-ethyl adjacent to an activating group) is 1. The number of rotatable bonds is 5. The van der Waals surface area contributed by atoms with Gasteiger partial charge in [0.05, 0.1) is 5.60 Å². The molecule has 1 saturated carbocycles. The van der Waals surface area contributed by atoms with Crippen molar-refractivity contribution in [3.05, 3.63) is 20.8 Å². The number of ether oxygens (including phenoxy) is 1. The highest BCUT2D eigenvalue weighted by Crippen LogP contribution is 2.44. The molecule has 0 radical (unpaired) electrons. The molecule has 1 aliphatic rings. The summed E-state index contributed by atoms with van der Waals surface area (Å²) in [4.78, 5) is 1.41. The van der Waals surface area contributed by atoms with Crippen LogP contribution in [0.1, 0.15) is 44.4 Å². The average molecular weight is 360 g/mol. The van der Waals surface area contributed by atoms with Crippen molar-refractivity contribution in [2.45, 2.75) is 57.6 Å². The standard InChI is InChI=1S/C16H26BrNOS/c1-15(2)6-8-16(19-4,9-7-15)14(18-3)11-13-12(17)5-10-20-13/h5,10,14,18H,6-9,11H2,1-4H3. The maximum absolute atomic E-state index is 6.04. The van der Waals surface area contributed by atoms with E-state index < -0.39 is 0 Å². The predicted molar refractivity (Wildman–Crippen MR) is 90.6 cm³/mol. The summed E-state index contributed by atoms with van der Waals surface area (Å²) in [6.07, 6.45) is 5.80. The third-order valence-corrected chi connectivity index (χ3v) is 6.87. The van der Waals surface area contributed by atoms with Gasteiger partial charge in [0.15, 0.2) is 0 Å². The molecule has 20 heavy (non-hydrogen) atoms. The van der Waals surface area contributed by atoms with E-state index in [2.05, 4.69) is 53.6 Å². The van der Waals surface area contributed by atoms with Gasteiger partial charge >= 0.3 is 0 Å². The summed E-state index contributed by atoms with van der Waals surface area (Å²) in [6.45, 7) is 4.74. The summed E-state index contributed by atoms with van der Waals surface area (Å²) in [7, 11) is 3.94. The Morgan fingerprint density at radius 1 is 1.35 bits per heavy atom. The van der Waals surface area contributed by atoms with Crippen LogP contribution < -0.4 is 5.32 Å². The van der Waals surface area contributed by atoms with Gasteiger partial charge in [-0.3, -0.25) is 0 Å². The Balaban J connectivity index is 2.14. The summed E-state index contributed by atoms with van der Waals surface area (Å²) in [6, 6.07) is 2.51. The van der Waals surface area contributed by atoms with Crippen LogP contribution in [0.25, 0.3) is 0 Å². The number of nitrogens with one attached hydrogen (secondary N) is 1. The molecule has 0 aliphatic heterocycles. The second-order valence-electron chi connectivity index (χ2n) is 6.67. The van der Waals surface area contributed by atoms with Crippen molar-refractivity contribution in [3.63, 3.8) is 0 Å². The van der Waals surface area contributed by atoms with Crippen LogP contribution in [-0.4, -0.2) is 25.8 Å². The lowest BCUT2D eigenvalue weighted by molar-refractivity contribution is -0.0846. The number of halogens is 1. The average Bonchev–Trinajstić information content (AvgIpc) is 2.83. The molecule has 1 aromatic rings. The monoisotopic (exact) mass is 359 g/mol. The normalized spacial score (nSPS) is 22.6. The molecule has 1 aliphatic carbocycles. The molecular formula is C16H26BrNOS. The second kappa shape index (κ2) is 6.47. The first-order chi connectivity index (χ1) is 9.42. The molecular weight excluding hydrogens is 334 g/mol. The van der Waals surface area contributed by atoms with Gasteiger partial charge in [0.25, 0.3) is 0 Å². The van der Waals surface area contributed by atoms with Crippen LogP contribution in [0, 0.1) is 5.41 Å². The maximum atomic E-state index is 6.04. The fraction of sp³-hybridized carbons (Fsp3) is 0.750. The Bertz CT molecular complexity index is 433. The summed E-state index contributed by atoms with van der Waals surface area (Å²) in [5.41, 5.74) is 0.442. The van der Waals surface area contributed by atoms with Gasteiger partial charge in [0, 0.05) is 28.9 Å². The number of hydrogen-bond donors (Lipinski definition) is 1. The van der Waals surface area contributed by atoms with E-state index in [-0.39, 0.29) is 5.60 Å². The quantitative estimate of drug-likeness (QED) is 0.827. The second-order valence-corrected chi connectivity index (χ2v) is 8.53. The van der Waals surface area contributed by atoms with Crippen LogP contribution in [0.15, 0.2) is 15.9 Å². The van der Waals surface area contributed by atoms with Crippen molar-refractivity contribution < 1.29 is 4.74 Å². The smallest absolute Gasteiger partial charge is 0.0834 e. The Labute approximate surface area is 135 Å². The molecule has 0 bridgehead atoms. The van der Waals surface area contributed by atoms with Crippen molar-refractivity contribution >= 4 is 27.3 Å². The largest absolute Gasteiger partial charge is 0.377 e. The Morgan fingerprint density at radius 3 is 2.45 bits per heavy atom. The molecule has 1 fully saturated rings. The van der Waals surface area contributed by atoms with E-state index in [4.69, 9.17) is 4.74 Å². The molecule has 2 nitrogen and oxygen atoms in total. The van der Waals surface area contributed by atoms with E-state index in [0.29, 0.717) is 11.5 Å². The fourth-order valence-electron chi connectivity index (χ4n) is 3.25. The Morgan fingerprint density at radius 2 is 2.00 bits per heavy atom. The van der Waals surface area contributed by atoms with Gasteiger partial charge in [-0.1, -0.05) is 13.8 Å². The third kappa shape index (κ3) is 3.46. The molecule has 1 N–H and O–H groups in total. The first kappa shape index (κ1) is 16.5. The van der Waals surface area contributed by atoms with Crippen LogP contribution in [-0.2, 0) is 11.2 Å². The molecule has 4 heteroatoms. The van der Waals surface area contributed by atoms with Crippen LogP contribution in [0.5, 0.6) is 0 Å². The molecule has 0 amide bonds. The lowest BCUT2D eigenvalue weighted by Crippen LogP contribution is -2.54. The van der Waals surface area contributed by atoms with Gasteiger partial charge in [-0.2, -0.15) is 0 Å². The zero-order chi connectivity index (χ0) is 14.8. The molecule has 0 aromatic carbocycles. The third-order valence-electron chi connectivity index (χ3n) is 4.92. The van der Waals surface area contributed by atoms with Gasteiger partial charge < -0.3 is 10.1 Å². The number of methoxy groups -OCH3 is 1. The van der Waals surface area contributed by atoms with Gasteiger partial charge in [0.2, 0.25) is 0 Å². The van der Waals surface area contributed by atoms with Crippen LogP contribution in [0.3, 0.4) is 0 Å². The van der Waals surface area contributed by atoms with Crippen molar-refractivity contribution in [2.24, 2.45) is 5.41 Å². The van der Waals surface area contributed by atoms with Gasteiger partial charge in [-0.05, 0) is 65.5 Å². The SMILES string of the molecule is CNC(Cc1sccc1Br)C1(OC)CCC(C)(C)CC1. The van der Waals surface area contributed by atoms with Crippen molar-refractivity contribution in [2.75, 3.05) is 14.2 Å². The van der Waals surface area contributed by atoms with E-state index in [1.807, 2.05) is 18.4 Å². The lowest BCUT2D eigenvalue weighted by atomic mass is 9.68. The minimum absolute atomic E-state index is 0.0201. The first-order valence-electron chi connectivity index (χ1n) is 7.37. The molecule has 1 unspecified atom stereocenters.